The zero-order valence-corrected chi connectivity index (χ0v) is 28.9. The van der Waals surface area contributed by atoms with Crippen LogP contribution >= 0.6 is 0 Å². The molecule has 37 heavy (non-hydrogen) atoms. The number of rotatable bonds is 22. The summed E-state index contributed by atoms with van der Waals surface area (Å²) in [6, 6.07) is 0. The number of carbonyl (C=O) groups is 2. The molecule has 0 heterocycles. The van der Waals surface area contributed by atoms with Gasteiger partial charge in [0.1, 0.15) is 0 Å². The number of carboxylic acid groups (broad SMARTS) is 2. The van der Waals surface area contributed by atoms with Crippen molar-refractivity contribution >= 4 is 11.9 Å². The molecule has 0 aliphatic rings. The maximum Gasteiger partial charge on any atom is 2.00 e. The van der Waals surface area contributed by atoms with Gasteiger partial charge in [0.15, 0.2) is 0 Å². The van der Waals surface area contributed by atoms with Crippen molar-refractivity contribution in [2.45, 2.75) is 183 Å². The van der Waals surface area contributed by atoms with Gasteiger partial charge < -0.3 is 19.8 Å². The predicted molar refractivity (Wildman–Crippen MR) is 150 cm³/mol. The second-order valence-corrected chi connectivity index (χ2v) is 13.2. The topological polar surface area (TPSA) is 80.3 Å². The van der Waals surface area contributed by atoms with Gasteiger partial charge in [0, 0.05) is 11.9 Å². The summed E-state index contributed by atoms with van der Waals surface area (Å²) in [7, 11) is 0. The minimum atomic E-state index is -0.908. The SMILES string of the molecule is CC(C)(C)CCCCCCCCCCCC(=O)[O-].CC(C)(C)CCCCCCCCCCCC(=O)[O-].[Zn+2]. The van der Waals surface area contributed by atoms with Gasteiger partial charge in [-0.25, -0.2) is 0 Å². The van der Waals surface area contributed by atoms with Gasteiger partial charge in [-0.3, -0.25) is 0 Å². The Hall–Kier alpha value is -0.437. The Morgan fingerprint density at radius 2 is 0.595 bits per heavy atom. The van der Waals surface area contributed by atoms with E-state index < -0.39 is 11.9 Å². The molecule has 0 radical (unpaired) electrons. The van der Waals surface area contributed by atoms with Crippen molar-refractivity contribution in [2.24, 2.45) is 10.8 Å². The van der Waals surface area contributed by atoms with Gasteiger partial charge in [0.2, 0.25) is 0 Å². The zero-order chi connectivity index (χ0) is 27.7. The first-order valence-electron chi connectivity index (χ1n) is 15.2. The molecule has 0 amide bonds. The summed E-state index contributed by atoms with van der Waals surface area (Å²) in [6.07, 6.45) is 25.1. The van der Waals surface area contributed by atoms with E-state index in [1.165, 1.54) is 103 Å². The molecule has 0 aromatic rings. The molecule has 216 valence electrons. The fourth-order valence-corrected chi connectivity index (χ4v) is 4.32. The molecule has 0 aromatic carbocycles. The number of aliphatic carboxylic acids is 2. The molecule has 4 nitrogen and oxygen atoms in total. The fraction of sp³-hybridized carbons (Fsp3) is 0.938. The third-order valence-electron chi connectivity index (χ3n) is 6.62. The van der Waals surface area contributed by atoms with Crippen molar-refractivity contribution in [3.05, 3.63) is 0 Å². The second-order valence-electron chi connectivity index (χ2n) is 13.2. The van der Waals surface area contributed by atoms with Crippen molar-refractivity contribution in [3.63, 3.8) is 0 Å². The van der Waals surface area contributed by atoms with Crippen LogP contribution in [0, 0.1) is 10.8 Å². The van der Waals surface area contributed by atoms with E-state index in [1.807, 2.05) is 0 Å². The second kappa shape index (κ2) is 27.1. The van der Waals surface area contributed by atoms with Crippen LogP contribution in [-0.2, 0) is 29.1 Å². The van der Waals surface area contributed by atoms with E-state index in [-0.39, 0.29) is 32.3 Å². The van der Waals surface area contributed by atoms with Crippen molar-refractivity contribution in [2.75, 3.05) is 0 Å². The van der Waals surface area contributed by atoms with Gasteiger partial charge in [-0.15, -0.1) is 0 Å². The van der Waals surface area contributed by atoms with Crippen LogP contribution in [0.15, 0.2) is 0 Å². The number of carboxylic acids is 2. The summed E-state index contributed by atoms with van der Waals surface area (Å²) in [5.74, 6) is -1.82. The van der Waals surface area contributed by atoms with Gasteiger partial charge in [-0.05, 0) is 49.4 Å². The van der Waals surface area contributed by atoms with Crippen LogP contribution in [0.3, 0.4) is 0 Å². The van der Waals surface area contributed by atoms with Crippen molar-refractivity contribution in [1.82, 2.24) is 0 Å². The summed E-state index contributed by atoms with van der Waals surface area (Å²) in [5.41, 5.74) is 0.970. The Balaban J connectivity index is -0.000000608. The third-order valence-corrected chi connectivity index (χ3v) is 6.62. The first kappa shape index (κ1) is 41.1. The third kappa shape index (κ3) is 45.8. The van der Waals surface area contributed by atoms with Gasteiger partial charge in [0.25, 0.3) is 0 Å². The Morgan fingerprint density at radius 3 is 0.784 bits per heavy atom. The first-order valence-corrected chi connectivity index (χ1v) is 15.2. The normalized spacial score (nSPS) is 11.4. The largest absolute Gasteiger partial charge is 2.00 e. The fourth-order valence-electron chi connectivity index (χ4n) is 4.32. The van der Waals surface area contributed by atoms with Gasteiger partial charge in [-0.2, -0.15) is 0 Å². The number of carbonyl (C=O) groups excluding carboxylic acids is 2. The quantitative estimate of drug-likeness (QED) is 0.0963. The summed E-state index contributed by atoms with van der Waals surface area (Å²) >= 11 is 0. The Bertz CT molecular complexity index is 460. The monoisotopic (exact) mass is 574 g/mol. The smallest absolute Gasteiger partial charge is 0.550 e. The first-order chi connectivity index (χ1) is 16.8. The van der Waals surface area contributed by atoms with Crippen LogP contribution in [0.2, 0.25) is 0 Å². The van der Waals surface area contributed by atoms with Gasteiger partial charge >= 0.3 is 19.5 Å². The molecule has 0 atom stereocenters. The molecule has 0 saturated heterocycles. The maximum absolute atomic E-state index is 10.2. The molecule has 0 N–H and O–H groups in total. The van der Waals surface area contributed by atoms with E-state index >= 15 is 0 Å². The molecular formula is C32H62O4Zn. The number of unbranched alkanes of at least 4 members (excludes halogenated alkanes) is 16. The van der Waals surface area contributed by atoms with E-state index in [9.17, 15) is 19.8 Å². The van der Waals surface area contributed by atoms with E-state index in [1.54, 1.807) is 0 Å². The Labute approximate surface area is 244 Å². The van der Waals surface area contributed by atoms with E-state index in [0.717, 1.165) is 25.7 Å². The number of hydrogen-bond donors (Lipinski definition) is 0. The van der Waals surface area contributed by atoms with E-state index in [4.69, 9.17) is 0 Å². The summed E-state index contributed by atoms with van der Waals surface area (Å²) in [4.78, 5) is 20.4. The van der Waals surface area contributed by atoms with E-state index in [2.05, 4.69) is 41.5 Å². The summed E-state index contributed by atoms with van der Waals surface area (Å²) in [5, 5.41) is 20.4. The molecule has 0 aliphatic carbocycles. The van der Waals surface area contributed by atoms with Crippen LogP contribution in [0.1, 0.15) is 183 Å². The van der Waals surface area contributed by atoms with Crippen LogP contribution < -0.4 is 10.2 Å². The molecule has 0 saturated carbocycles. The Kier molecular flexibility index (Phi) is 30.1. The zero-order valence-electron chi connectivity index (χ0n) is 25.9. The molecule has 5 heteroatoms. The summed E-state index contributed by atoms with van der Waals surface area (Å²) in [6.45, 7) is 13.8. The predicted octanol–water partition coefficient (Wildman–Crippen LogP) is 8.14. The molecular weight excluding hydrogens is 514 g/mol. The van der Waals surface area contributed by atoms with Crippen LogP contribution in [0.25, 0.3) is 0 Å². The Morgan fingerprint density at radius 1 is 0.405 bits per heavy atom. The molecule has 0 bridgehead atoms. The van der Waals surface area contributed by atoms with Crippen molar-refractivity contribution in [1.29, 1.82) is 0 Å². The molecule has 0 unspecified atom stereocenters. The average Bonchev–Trinajstić information content (AvgIpc) is 2.74. The summed E-state index contributed by atoms with van der Waals surface area (Å²) < 4.78 is 0. The molecule has 0 aromatic heterocycles. The van der Waals surface area contributed by atoms with Crippen molar-refractivity contribution in [3.8, 4) is 0 Å². The minimum absolute atomic E-state index is 0. The van der Waals surface area contributed by atoms with Crippen LogP contribution in [0.4, 0.5) is 0 Å². The maximum atomic E-state index is 10.2. The molecule has 0 spiro atoms. The van der Waals surface area contributed by atoms with Gasteiger partial charge in [-0.1, -0.05) is 144 Å². The average molecular weight is 576 g/mol. The minimum Gasteiger partial charge on any atom is -0.550 e. The van der Waals surface area contributed by atoms with Crippen LogP contribution in [-0.4, -0.2) is 11.9 Å². The molecule has 0 fully saturated rings. The van der Waals surface area contributed by atoms with Crippen LogP contribution in [0.5, 0.6) is 0 Å². The standard InChI is InChI=1S/2C16H32O2.Zn/c2*1-16(2,3)14-12-10-8-6-4-5-7-9-11-13-15(17)18;/h2*4-14H2,1-3H3,(H,17,18);/q;;+2/p-2. The molecule has 0 aliphatic heterocycles. The van der Waals surface area contributed by atoms with Crippen molar-refractivity contribution < 1.29 is 39.3 Å². The van der Waals surface area contributed by atoms with E-state index in [0.29, 0.717) is 10.8 Å². The van der Waals surface area contributed by atoms with Gasteiger partial charge in [0.05, 0.1) is 0 Å². The molecule has 0 rings (SSSR count). The number of hydrogen-bond acceptors (Lipinski definition) is 4.